The van der Waals surface area contributed by atoms with E-state index < -0.39 is 5.97 Å². The van der Waals surface area contributed by atoms with Crippen molar-refractivity contribution in [1.82, 2.24) is 4.98 Å². The van der Waals surface area contributed by atoms with E-state index in [2.05, 4.69) is 4.98 Å². The molecule has 0 saturated carbocycles. The van der Waals surface area contributed by atoms with Crippen molar-refractivity contribution in [3.8, 4) is 5.88 Å². The van der Waals surface area contributed by atoms with Crippen molar-refractivity contribution in [2.24, 2.45) is 0 Å². The fraction of sp³-hybridized carbons (Fsp3) is 0.400. The van der Waals surface area contributed by atoms with Crippen molar-refractivity contribution in [2.75, 3.05) is 0 Å². The largest absolute Gasteiger partial charge is 0.478 e. The summed E-state index contributed by atoms with van der Waals surface area (Å²) in [5.74, 6) is -0.782. The average Bonchev–Trinajstić information content (AvgIpc) is 2.20. The number of pyridine rings is 1. The first-order chi connectivity index (χ1) is 7.04. The second kappa shape index (κ2) is 4.98. The molecule has 0 bridgehead atoms. The zero-order valence-corrected chi connectivity index (χ0v) is 9.28. The van der Waals surface area contributed by atoms with E-state index in [-0.39, 0.29) is 22.6 Å². The third-order valence-corrected chi connectivity index (χ3v) is 2.21. The van der Waals surface area contributed by atoms with Crippen LogP contribution in [-0.4, -0.2) is 22.2 Å². The maximum absolute atomic E-state index is 10.6. The lowest BCUT2D eigenvalue weighted by atomic mass is 10.3. The van der Waals surface area contributed by atoms with Gasteiger partial charge in [-0.25, -0.2) is 9.78 Å². The molecule has 0 aliphatic rings. The maximum Gasteiger partial charge on any atom is 0.337 e. The molecule has 1 unspecified atom stereocenters. The van der Waals surface area contributed by atoms with Crippen LogP contribution in [0.15, 0.2) is 12.3 Å². The van der Waals surface area contributed by atoms with Gasteiger partial charge in [-0.05, 0) is 19.4 Å². The Morgan fingerprint density at radius 2 is 2.40 bits per heavy atom. The fourth-order valence-electron chi connectivity index (χ4n) is 0.903. The van der Waals surface area contributed by atoms with Gasteiger partial charge in [-0.1, -0.05) is 18.5 Å². The quantitative estimate of drug-likeness (QED) is 0.862. The molecule has 1 rings (SSSR count). The summed E-state index contributed by atoms with van der Waals surface area (Å²) >= 11 is 5.82. The standard InChI is InChI=1S/C10H12ClNO3/c1-3-6(2)15-9-8(11)4-7(5-12-9)10(13)14/h4-6H,3H2,1-2H3,(H,13,14). The summed E-state index contributed by atoms with van der Waals surface area (Å²) in [6.07, 6.45) is 2.07. The van der Waals surface area contributed by atoms with Crippen LogP contribution >= 0.6 is 11.6 Å². The van der Waals surface area contributed by atoms with Crippen molar-refractivity contribution < 1.29 is 14.6 Å². The number of carboxylic acids is 1. The summed E-state index contributed by atoms with van der Waals surface area (Å²) in [5, 5.41) is 8.91. The van der Waals surface area contributed by atoms with Gasteiger partial charge in [-0.2, -0.15) is 0 Å². The van der Waals surface area contributed by atoms with Gasteiger partial charge < -0.3 is 9.84 Å². The van der Waals surface area contributed by atoms with Gasteiger partial charge >= 0.3 is 5.97 Å². The average molecular weight is 230 g/mol. The van der Waals surface area contributed by atoms with Crippen LogP contribution in [0.25, 0.3) is 0 Å². The Labute approximate surface area is 92.8 Å². The Hall–Kier alpha value is -1.29. The molecular weight excluding hydrogens is 218 g/mol. The van der Waals surface area contributed by atoms with E-state index >= 15 is 0 Å². The molecule has 4 nitrogen and oxygen atoms in total. The van der Waals surface area contributed by atoms with Crippen molar-refractivity contribution in [1.29, 1.82) is 0 Å². The van der Waals surface area contributed by atoms with Crippen LogP contribution in [0, 0.1) is 0 Å². The van der Waals surface area contributed by atoms with Gasteiger partial charge in [0.25, 0.3) is 0 Å². The van der Waals surface area contributed by atoms with Crippen LogP contribution in [0.5, 0.6) is 5.88 Å². The van der Waals surface area contributed by atoms with E-state index in [9.17, 15) is 4.79 Å². The summed E-state index contributed by atoms with van der Waals surface area (Å²) in [4.78, 5) is 14.5. The summed E-state index contributed by atoms with van der Waals surface area (Å²) < 4.78 is 5.39. The Morgan fingerprint density at radius 1 is 1.73 bits per heavy atom. The smallest absolute Gasteiger partial charge is 0.337 e. The molecule has 1 aromatic heterocycles. The van der Waals surface area contributed by atoms with Gasteiger partial charge in [0.05, 0.1) is 11.7 Å². The molecule has 0 aliphatic carbocycles. The van der Waals surface area contributed by atoms with Crippen molar-refractivity contribution in [2.45, 2.75) is 26.4 Å². The first kappa shape index (κ1) is 11.8. The minimum Gasteiger partial charge on any atom is -0.478 e. The predicted molar refractivity (Wildman–Crippen MR) is 56.6 cm³/mol. The lowest BCUT2D eigenvalue weighted by Gasteiger charge is -2.12. The van der Waals surface area contributed by atoms with E-state index in [1.807, 2.05) is 13.8 Å². The molecule has 82 valence electrons. The Morgan fingerprint density at radius 3 is 2.87 bits per heavy atom. The van der Waals surface area contributed by atoms with E-state index in [1.54, 1.807) is 0 Å². The van der Waals surface area contributed by atoms with E-state index in [0.29, 0.717) is 0 Å². The van der Waals surface area contributed by atoms with E-state index in [4.69, 9.17) is 21.4 Å². The van der Waals surface area contributed by atoms with Crippen molar-refractivity contribution in [3.05, 3.63) is 22.8 Å². The van der Waals surface area contributed by atoms with Crippen LogP contribution in [0.4, 0.5) is 0 Å². The fourth-order valence-corrected chi connectivity index (χ4v) is 1.11. The number of aromatic carboxylic acids is 1. The first-order valence-electron chi connectivity index (χ1n) is 4.60. The summed E-state index contributed by atoms with van der Waals surface area (Å²) in [6.45, 7) is 3.87. The van der Waals surface area contributed by atoms with Crippen LogP contribution in [0.3, 0.4) is 0 Å². The molecular formula is C10H12ClNO3. The Balaban J connectivity index is 2.88. The Bertz CT molecular complexity index is 368. The van der Waals surface area contributed by atoms with Crippen molar-refractivity contribution >= 4 is 17.6 Å². The van der Waals surface area contributed by atoms with Crippen molar-refractivity contribution in [3.63, 3.8) is 0 Å². The summed E-state index contributed by atoms with van der Waals surface area (Å²) in [7, 11) is 0. The molecule has 5 heteroatoms. The highest BCUT2D eigenvalue weighted by Gasteiger charge is 2.11. The summed E-state index contributed by atoms with van der Waals surface area (Å²) in [5.41, 5.74) is 0.0523. The van der Waals surface area contributed by atoms with Crippen LogP contribution in [0.1, 0.15) is 30.6 Å². The summed E-state index contributed by atoms with van der Waals surface area (Å²) in [6, 6.07) is 1.33. The lowest BCUT2D eigenvalue weighted by molar-refractivity contribution is 0.0696. The molecule has 0 amide bonds. The highest BCUT2D eigenvalue weighted by atomic mass is 35.5. The number of rotatable bonds is 4. The monoisotopic (exact) mass is 229 g/mol. The number of carbonyl (C=O) groups is 1. The van der Waals surface area contributed by atoms with Gasteiger partial charge in [0.2, 0.25) is 5.88 Å². The number of ether oxygens (including phenoxy) is 1. The minimum atomic E-state index is -1.06. The van der Waals surface area contributed by atoms with Gasteiger partial charge in [-0.3, -0.25) is 0 Å². The molecule has 15 heavy (non-hydrogen) atoms. The van der Waals surface area contributed by atoms with Gasteiger partial charge in [-0.15, -0.1) is 0 Å². The molecule has 0 aliphatic heterocycles. The number of halogens is 1. The lowest BCUT2D eigenvalue weighted by Crippen LogP contribution is -2.11. The maximum atomic E-state index is 10.6. The molecule has 0 aromatic carbocycles. The van der Waals surface area contributed by atoms with E-state index in [0.717, 1.165) is 6.42 Å². The van der Waals surface area contributed by atoms with Gasteiger partial charge in [0, 0.05) is 6.20 Å². The molecule has 0 saturated heterocycles. The zero-order chi connectivity index (χ0) is 11.4. The van der Waals surface area contributed by atoms with Gasteiger partial charge in [0.15, 0.2) is 0 Å². The highest BCUT2D eigenvalue weighted by Crippen LogP contribution is 2.23. The molecule has 0 fully saturated rings. The topological polar surface area (TPSA) is 59.4 Å². The number of nitrogens with zero attached hydrogens (tertiary/aromatic N) is 1. The third kappa shape index (κ3) is 3.09. The molecule has 1 aromatic rings. The van der Waals surface area contributed by atoms with Crippen LogP contribution in [-0.2, 0) is 0 Å². The third-order valence-electron chi connectivity index (χ3n) is 1.94. The minimum absolute atomic E-state index is 0.00526. The van der Waals surface area contributed by atoms with Crippen LogP contribution in [0.2, 0.25) is 5.02 Å². The van der Waals surface area contributed by atoms with Crippen LogP contribution < -0.4 is 4.74 Å². The number of carboxylic acid groups (broad SMARTS) is 1. The Kier molecular flexibility index (Phi) is 3.91. The molecule has 1 atom stereocenters. The first-order valence-corrected chi connectivity index (χ1v) is 4.98. The number of hydrogen-bond donors (Lipinski definition) is 1. The normalized spacial score (nSPS) is 12.2. The van der Waals surface area contributed by atoms with Gasteiger partial charge in [0.1, 0.15) is 5.02 Å². The predicted octanol–water partition coefficient (Wildman–Crippen LogP) is 2.61. The van der Waals surface area contributed by atoms with E-state index in [1.165, 1.54) is 12.3 Å². The highest BCUT2D eigenvalue weighted by molar-refractivity contribution is 6.32. The number of hydrogen-bond acceptors (Lipinski definition) is 3. The second-order valence-electron chi connectivity index (χ2n) is 3.15. The molecule has 0 radical (unpaired) electrons. The number of aromatic nitrogens is 1. The zero-order valence-electron chi connectivity index (χ0n) is 8.53. The molecule has 0 spiro atoms. The second-order valence-corrected chi connectivity index (χ2v) is 3.56. The SMILES string of the molecule is CCC(C)Oc1ncc(C(=O)O)cc1Cl. The molecule has 1 N–H and O–H groups in total. The molecule has 1 heterocycles.